The topological polar surface area (TPSA) is 108 Å². The van der Waals surface area contributed by atoms with E-state index >= 15 is 0 Å². The van der Waals surface area contributed by atoms with E-state index in [-0.39, 0.29) is 11.8 Å². The van der Waals surface area contributed by atoms with Gasteiger partial charge in [-0.15, -0.1) is 0 Å². The van der Waals surface area contributed by atoms with Crippen LogP contribution in [0.1, 0.15) is 18.7 Å². The molecule has 35 heavy (non-hydrogen) atoms. The first-order valence-corrected chi connectivity index (χ1v) is 11.3. The second-order valence-electron chi connectivity index (χ2n) is 8.21. The maximum absolute atomic E-state index is 13.0. The fraction of sp³-hybridized carbons (Fsp3) is 0.400. The van der Waals surface area contributed by atoms with E-state index in [9.17, 15) is 4.79 Å². The van der Waals surface area contributed by atoms with E-state index in [1.807, 2.05) is 12.1 Å². The normalized spacial score (nSPS) is 15.9. The molecule has 1 unspecified atom stereocenters. The highest BCUT2D eigenvalue weighted by Gasteiger charge is 2.27. The van der Waals surface area contributed by atoms with Gasteiger partial charge in [-0.25, -0.2) is 0 Å². The first-order chi connectivity index (χ1) is 17.0. The Labute approximate surface area is 204 Å². The van der Waals surface area contributed by atoms with E-state index in [2.05, 4.69) is 20.4 Å². The van der Waals surface area contributed by atoms with Gasteiger partial charge in [0, 0.05) is 18.2 Å². The standard InChI is InChI=1S/C25H30N4O6/c1-31-18-8-10-20(32-2)19(13-18)26-25(30)17-6-5-11-29(14-17)15-23-27-24(28-35-23)16-7-9-21(33-3)22(12-16)34-4/h7-10,12-13,17H,5-6,11,14-15H2,1-4H3,(H,26,30). The van der Waals surface area contributed by atoms with Gasteiger partial charge in [0.1, 0.15) is 11.5 Å². The van der Waals surface area contributed by atoms with Gasteiger partial charge < -0.3 is 28.8 Å². The summed E-state index contributed by atoms with van der Waals surface area (Å²) in [5, 5.41) is 7.11. The summed E-state index contributed by atoms with van der Waals surface area (Å²) in [5.41, 5.74) is 1.35. The number of methoxy groups -OCH3 is 4. The van der Waals surface area contributed by atoms with Crippen LogP contribution in [0.15, 0.2) is 40.9 Å². The van der Waals surface area contributed by atoms with E-state index in [1.54, 1.807) is 52.7 Å². The fourth-order valence-electron chi connectivity index (χ4n) is 4.16. The number of likely N-dealkylation sites (tertiary alicyclic amines) is 1. The van der Waals surface area contributed by atoms with Crippen molar-refractivity contribution in [3.8, 4) is 34.4 Å². The maximum Gasteiger partial charge on any atom is 0.241 e. The van der Waals surface area contributed by atoms with Crippen molar-refractivity contribution >= 4 is 11.6 Å². The van der Waals surface area contributed by atoms with Gasteiger partial charge in [0.05, 0.1) is 46.6 Å². The summed E-state index contributed by atoms with van der Waals surface area (Å²) in [6.45, 7) is 1.90. The third-order valence-corrected chi connectivity index (χ3v) is 6.01. The third kappa shape index (κ3) is 5.65. The quantitative estimate of drug-likeness (QED) is 0.489. The van der Waals surface area contributed by atoms with E-state index in [0.717, 1.165) is 24.9 Å². The lowest BCUT2D eigenvalue weighted by Crippen LogP contribution is -2.40. The molecule has 0 spiro atoms. The van der Waals surface area contributed by atoms with Crippen molar-refractivity contribution in [1.29, 1.82) is 0 Å². The summed E-state index contributed by atoms with van der Waals surface area (Å²) in [4.78, 5) is 19.7. The van der Waals surface area contributed by atoms with Crippen molar-refractivity contribution < 1.29 is 28.3 Å². The Bertz CT molecular complexity index is 1160. The number of aromatic nitrogens is 2. The summed E-state index contributed by atoms with van der Waals surface area (Å²) in [6, 6.07) is 10.8. The second kappa shape index (κ2) is 11.1. The zero-order valence-electron chi connectivity index (χ0n) is 20.4. The molecule has 1 atom stereocenters. The molecule has 3 aromatic rings. The first-order valence-electron chi connectivity index (χ1n) is 11.3. The van der Waals surface area contributed by atoms with Crippen LogP contribution >= 0.6 is 0 Å². The van der Waals surface area contributed by atoms with Crippen LogP contribution < -0.4 is 24.3 Å². The van der Waals surface area contributed by atoms with Crippen molar-refractivity contribution in [2.75, 3.05) is 46.8 Å². The summed E-state index contributed by atoms with van der Waals surface area (Å²) in [7, 11) is 6.32. The molecule has 0 aliphatic carbocycles. The van der Waals surface area contributed by atoms with Crippen LogP contribution in [0.25, 0.3) is 11.4 Å². The third-order valence-electron chi connectivity index (χ3n) is 6.01. The van der Waals surface area contributed by atoms with Crippen LogP contribution in [0.5, 0.6) is 23.0 Å². The van der Waals surface area contributed by atoms with Gasteiger partial charge in [-0.05, 0) is 49.7 Å². The molecule has 1 amide bonds. The number of piperidine rings is 1. The molecule has 0 saturated carbocycles. The molecule has 4 rings (SSSR count). The van der Waals surface area contributed by atoms with Crippen LogP contribution in [0, 0.1) is 5.92 Å². The predicted molar refractivity (Wildman–Crippen MR) is 129 cm³/mol. The number of nitrogens with zero attached hydrogens (tertiary/aromatic N) is 3. The second-order valence-corrected chi connectivity index (χ2v) is 8.21. The Morgan fingerprint density at radius 2 is 1.80 bits per heavy atom. The number of ether oxygens (including phenoxy) is 4. The molecular formula is C25H30N4O6. The Morgan fingerprint density at radius 3 is 2.54 bits per heavy atom. The lowest BCUT2D eigenvalue weighted by molar-refractivity contribution is -0.121. The van der Waals surface area contributed by atoms with Gasteiger partial charge >= 0.3 is 0 Å². The monoisotopic (exact) mass is 482 g/mol. The number of nitrogens with one attached hydrogen (secondary N) is 1. The van der Waals surface area contributed by atoms with Crippen LogP contribution in [0.2, 0.25) is 0 Å². The Hall–Kier alpha value is -3.79. The number of rotatable bonds is 9. The number of hydrogen-bond donors (Lipinski definition) is 1. The molecule has 1 saturated heterocycles. The van der Waals surface area contributed by atoms with Gasteiger partial charge in [-0.3, -0.25) is 9.69 Å². The van der Waals surface area contributed by atoms with Gasteiger partial charge in [-0.2, -0.15) is 4.98 Å². The van der Waals surface area contributed by atoms with Gasteiger partial charge in [0.15, 0.2) is 11.5 Å². The van der Waals surface area contributed by atoms with E-state index < -0.39 is 0 Å². The number of carbonyl (C=O) groups is 1. The molecule has 1 N–H and O–H groups in total. The Kier molecular flexibility index (Phi) is 7.71. The molecule has 10 heteroatoms. The van der Waals surface area contributed by atoms with Gasteiger partial charge in [-0.1, -0.05) is 5.16 Å². The number of carbonyl (C=O) groups excluding carboxylic acids is 1. The molecule has 2 heterocycles. The minimum absolute atomic E-state index is 0.0576. The molecule has 0 bridgehead atoms. The van der Waals surface area contributed by atoms with Crippen molar-refractivity contribution in [2.24, 2.45) is 5.92 Å². The van der Waals surface area contributed by atoms with Crippen LogP contribution in [-0.4, -0.2) is 62.5 Å². The zero-order chi connectivity index (χ0) is 24.8. The Balaban J connectivity index is 1.40. The van der Waals surface area contributed by atoms with Crippen molar-refractivity contribution in [1.82, 2.24) is 15.0 Å². The predicted octanol–water partition coefficient (Wildman–Crippen LogP) is 3.62. The summed E-state index contributed by atoms with van der Waals surface area (Å²) < 4.78 is 26.8. The zero-order valence-corrected chi connectivity index (χ0v) is 20.4. The number of anilines is 1. The molecule has 1 aliphatic rings. The molecule has 0 radical (unpaired) electrons. The molecular weight excluding hydrogens is 452 g/mol. The highest BCUT2D eigenvalue weighted by molar-refractivity contribution is 5.94. The highest BCUT2D eigenvalue weighted by Crippen LogP contribution is 2.32. The average molecular weight is 483 g/mol. The van der Waals surface area contributed by atoms with Crippen LogP contribution in [0.4, 0.5) is 5.69 Å². The van der Waals surface area contributed by atoms with E-state index in [4.69, 9.17) is 23.5 Å². The molecule has 10 nitrogen and oxygen atoms in total. The number of hydrogen-bond acceptors (Lipinski definition) is 9. The number of benzene rings is 2. The lowest BCUT2D eigenvalue weighted by atomic mass is 9.97. The van der Waals surface area contributed by atoms with E-state index in [0.29, 0.717) is 53.5 Å². The minimum Gasteiger partial charge on any atom is -0.497 e. The summed E-state index contributed by atoms with van der Waals surface area (Å²) in [5.74, 6) is 3.18. The molecule has 186 valence electrons. The van der Waals surface area contributed by atoms with Crippen molar-refractivity contribution in [3.05, 3.63) is 42.3 Å². The molecule has 1 aromatic heterocycles. The average Bonchev–Trinajstić information content (AvgIpc) is 3.36. The van der Waals surface area contributed by atoms with Crippen LogP contribution in [0.3, 0.4) is 0 Å². The number of amides is 1. The molecule has 2 aromatic carbocycles. The smallest absolute Gasteiger partial charge is 0.241 e. The van der Waals surface area contributed by atoms with Crippen molar-refractivity contribution in [3.63, 3.8) is 0 Å². The van der Waals surface area contributed by atoms with Crippen LogP contribution in [-0.2, 0) is 11.3 Å². The van der Waals surface area contributed by atoms with Gasteiger partial charge in [0.2, 0.25) is 17.6 Å². The fourth-order valence-corrected chi connectivity index (χ4v) is 4.16. The first kappa shape index (κ1) is 24.3. The van der Waals surface area contributed by atoms with E-state index in [1.165, 1.54) is 0 Å². The van der Waals surface area contributed by atoms with Crippen molar-refractivity contribution in [2.45, 2.75) is 19.4 Å². The van der Waals surface area contributed by atoms with Gasteiger partial charge in [0.25, 0.3) is 0 Å². The summed E-state index contributed by atoms with van der Waals surface area (Å²) in [6.07, 6.45) is 1.69. The maximum atomic E-state index is 13.0. The highest BCUT2D eigenvalue weighted by atomic mass is 16.5. The Morgan fingerprint density at radius 1 is 1.03 bits per heavy atom. The largest absolute Gasteiger partial charge is 0.497 e. The lowest BCUT2D eigenvalue weighted by Gasteiger charge is -2.31. The summed E-state index contributed by atoms with van der Waals surface area (Å²) >= 11 is 0. The molecule has 1 aliphatic heterocycles. The molecule has 1 fully saturated rings. The minimum atomic E-state index is -0.173. The SMILES string of the molecule is COc1ccc(OC)c(NC(=O)C2CCCN(Cc3nc(-c4ccc(OC)c(OC)c4)no3)C2)c1.